The molecule has 0 spiro atoms. The highest BCUT2D eigenvalue weighted by molar-refractivity contribution is 7.99. The monoisotopic (exact) mass is 458 g/mol. The number of benzene rings is 1. The Morgan fingerprint density at radius 1 is 1.12 bits per heavy atom. The molecule has 0 radical (unpaired) electrons. The Balaban J connectivity index is 1.52. The number of aryl methyl sites for hydroxylation is 1. The number of carbonyl (C=O) groups is 1. The highest BCUT2D eigenvalue weighted by Crippen LogP contribution is 2.36. The number of aromatic nitrogens is 2. The summed E-state index contributed by atoms with van der Waals surface area (Å²) >= 11 is 1.92. The summed E-state index contributed by atoms with van der Waals surface area (Å²) in [5.41, 5.74) is 3.67. The van der Waals surface area contributed by atoms with Crippen LogP contribution in [0.4, 0.5) is 4.79 Å². The summed E-state index contributed by atoms with van der Waals surface area (Å²) in [7, 11) is 1.65. The highest BCUT2D eigenvalue weighted by Gasteiger charge is 2.34. The first kappa shape index (κ1) is 23.0. The van der Waals surface area contributed by atoms with Crippen LogP contribution in [0.25, 0.3) is 0 Å². The molecule has 2 aromatic rings. The van der Waals surface area contributed by atoms with Gasteiger partial charge >= 0.3 is 6.03 Å². The van der Waals surface area contributed by atoms with Crippen molar-refractivity contribution in [2.24, 2.45) is 0 Å². The molecule has 4 rings (SSSR count). The number of rotatable bonds is 7. The topological polar surface area (TPSA) is 70.7 Å². The number of carbonyl (C=O) groups excluding carboxylic acids is 1. The molecule has 1 aromatic heterocycles. The van der Waals surface area contributed by atoms with E-state index >= 15 is 0 Å². The van der Waals surface area contributed by atoms with Crippen LogP contribution in [0.2, 0.25) is 0 Å². The molecule has 2 fully saturated rings. The van der Waals surface area contributed by atoms with Gasteiger partial charge in [0.25, 0.3) is 0 Å². The third-order valence-corrected chi connectivity index (χ3v) is 7.36. The molecule has 1 N–H and O–H groups in total. The van der Waals surface area contributed by atoms with Crippen LogP contribution in [-0.4, -0.2) is 84.0 Å². The molecule has 2 aliphatic heterocycles. The Morgan fingerprint density at radius 2 is 1.88 bits per heavy atom. The number of H-pyrrole nitrogens is 1. The van der Waals surface area contributed by atoms with Gasteiger partial charge in [-0.3, -0.25) is 5.10 Å². The van der Waals surface area contributed by atoms with Crippen molar-refractivity contribution < 1.29 is 14.3 Å². The van der Waals surface area contributed by atoms with Gasteiger partial charge in [-0.15, -0.1) is 5.10 Å². The Morgan fingerprint density at radius 3 is 2.59 bits per heavy atom. The zero-order valence-corrected chi connectivity index (χ0v) is 19.9. The molecule has 0 saturated carbocycles. The molecule has 32 heavy (non-hydrogen) atoms. The van der Waals surface area contributed by atoms with Crippen molar-refractivity contribution in [2.75, 3.05) is 58.0 Å². The molecule has 174 valence electrons. The van der Waals surface area contributed by atoms with Crippen LogP contribution in [-0.2, 0) is 11.2 Å². The summed E-state index contributed by atoms with van der Waals surface area (Å²) in [6.07, 6.45) is 2.01. The van der Waals surface area contributed by atoms with Crippen LogP contribution in [0.15, 0.2) is 30.3 Å². The van der Waals surface area contributed by atoms with E-state index in [0.717, 1.165) is 49.7 Å². The van der Waals surface area contributed by atoms with Gasteiger partial charge < -0.3 is 19.3 Å². The summed E-state index contributed by atoms with van der Waals surface area (Å²) in [4.78, 5) is 17.4. The van der Waals surface area contributed by atoms with Gasteiger partial charge in [0.1, 0.15) is 6.61 Å². The Hall–Kier alpha value is -2.19. The highest BCUT2D eigenvalue weighted by atomic mass is 32.2. The van der Waals surface area contributed by atoms with Crippen LogP contribution in [0.3, 0.4) is 0 Å². The van der Waals surface area contributed by atoms with E-state index < -0.39 is 0 Å². The van der Waals surface area contributed by atoms with E-state index in [1.807, 2.05) is 22.7 Å². The van der Waals surface area contributed by atoms with Crippen molar-refractivity contribution in [3.8, 4) is 5.88 Å². The van der Waals surface area contributed by atoms with Gasteiger partial charge in [0.2, 0.25) is 5.88 Å². The molecule has 2 saturated heterocycles. The molecule has 2 amide bonds. The predicted molar refractivity (Wildman–Crippen MR) is 128 cm³/mol. The Bertz CT molecular complexity index is 866. The SMILES string of the molecule is CCc1ccc(C2CC(c3cc(OCCOC)n[nH]3)CN(C(=O)N3CCSCC3)C2)cc1. The minimum atomic E-state index is 0.168. The molecular formula is C24H34N4O3S. The van der Waals surface area contributed by atoms with E-state index in [2.05, 4.69) is 46.3 Å². The maximum Gasteiger partial charge on any atom is 0.320 e. The number of nitrogens with zero attached hydrogens (tertiary/aromatic N) is 3. The molecule has 3 heterocycles. The average molecular weight is 459 g/mol. The number of ether oxygens (including phenoxy) is 2. The smallest absolute Gasteiger partial charge is 0.320 e. The third-order valence-electron chi connectivity index (χ3n) is 6.41. The number of aromatic amines is 1. The van der Waals surface area contributed by atoms with Crippen molar-refractivity contribution in [3.63, 3.8) is 0 Å². The van der Waals surface area contributed by atoms with E-state index in [0.29, 0.717) is 31.6 Å². The molecular weight excluding hydrogens is 424 g/mol. The van der Waals surface area contributed by atoms with E-state index in [9.17, 15) is 4.79 Å². The third kappa shape index (κ3) is 5.59. The van der Waals surface area contributed by atoms with Crippen molar-refractivity contribution in [1.82, 2.24) is 20.0 Å². The first-order chi connectivity index (χ1) is 15.7. The second-order valence-electron chi connectivity index (χ2n) is 8.51. The lowest BCUT2D eigenvalue weighted by molar-refractivity contribution is 0.135. The van der Waals surface area contributed by atoms with Gasteiger partial charge in [0.15, 0.2) is 0 Å². The van der Waals surface area contributed by atoms with Crippen molar-refractivity contribution in [3.05, 3.63) is 47.2 Å². The Labute approximate surface area is 194 Å². The fourth-order valence-electron chi connectivity index (χ4n) is 4.53. The number of nitrogens with one attached hydrogen (secondary N) is 1. The number of thioether (sulfide) groups is 1. The lowest BCUT2D eigenvalue weighted by atomic mass is 9.83. The number of likely N-dealkylation sites (tertiary alicyclic amines) is 1. The molecule has 0 bridgehead atoms. The summed E-state index contributed by atoms with van der Waals surface area (Å²) in [5.74, 6) is 3.11. The van der Waals surface area contributed by atoms with E-state index in [-0.39, 0.29) is 11.9 Å². The summed E-state index contributed by atoms with van der Waals surface area (Å²) in [5, 5.41) is 7.48. The zero-order chi connectivity index (χ0) is 22.3. The summed E-state index contributed by atoms with van der Waals surface area (Å²) in [6.45, 7) is 6.30. The lowest BCUT2D eigenvalue weighted by Gasteiger charge is -2.41. The minimum Gasteiger partial charge on any atom is -0.474 e. The second kappa shape index (κ2) is 11.1. The largest absolute Gasteiger partial charge is 0.474 e. The van der Waals surface area contributed by atoms with Gasteiger partial charge in [-0.2, -0.15) is 11.8 Å². The molecule has 2 atom stereocenters. The quantitative estimate of drug-likeness (QED) is 0.640. The molecule has 2 aliphatic rings. The molecule has 7 nitrogen and oxygen atoms in total. The lowest BCUT2D eigenvalue weighted by Crippen LogP contribution is -2.51. The summed E-state index contributed by atoms with van der Waals surface area (Å²) < 4.78 is 10.7. The van der Waals surface area contributed by atoms with Gasteiger partial charge in [-0.05, 0) is 24.0 Å². The first-order valence-corrected chi connectivity index (χ1v) is 12.7. The van der Waals surface area contributed by atoms with Crippen molar-refractivity contribution in [2.45, 2.75) is 31.6 Å². The minimum absolute atomic E-state index is 0.168. The number of urea groups is 1. The average Bonchev–Trinajstić information content (AvgIpc) is 3.33. The number of amides is 2. The van der Waals surface area contributed by atoms with Crippen LogP contribution in [0.1, 0.15) is 42.0 Å². The number of methoxy groups -OCH3 is 1. The van der Waals surface area contributed by atoms with Crippen molar-refractivity contribution >= 4 is 17.8 Å². The van der Waals surface area contributed by atoms with Crippen molar-refractivity contribution in [1.29, 1.82) is 0 Å². The van der Waals surface area contributed by atoms with Gasteiger partial charge in [-0.25, -0.2) is 4.79 Å². The predicted octanol–water partition coefficient (Wildman–Crippen LogP) is 3.74. The number of hydrogen-bond acceptors (Lipinski definition) is 5. The molecule has 2 unspecified atom stereocenters. The van der Waals surface area contributed by atoms with E-state index in [1.165, 1.54) is 11.1 Å². The number of piperidine rings is 1. The first-order valence-electron chi connectivity index (χ1n) is 11.6. The van der Waals surface area contributed by atoms with Crippen LogP contribution >= 0.6 is 11.8 Å². The van der Waals surface area contributed by atoms with E-state index in [4.69, 9.17) is 9.47 Å². The van der Waals surface area contributed by atoms with Crippen LogP contribution < -0.4 is 4.74 Å². The van der Waals surface area contributed by atoms with Gasteiger partial charge in [-0.1, -0.05) is 31.2 Å². The zero-order valence-electron chi connectivity index (χ0n) is 19.1. The fourth-order valence-corrected chi connectivity index (χ4v) is 5.44. The maximum absolute atomic E-state index is 13.4. The van der Waals surface area contributed by atoms with Crippen LogP contribution in [0, 0.1) is 0 Å². The van der Waals surface area contributed by atoms with Crippen LogP contribution in [0.5, 0.6) is 5.88 Å². The maximum atomic E-state index is 13.4. The summed E-state index contributed by atoms with van der Waals surface area (Å²) in [6, 6.07) is 11.0. The number of hydrogen-bond donors (Lipinski definition) is 1. The Kier molecular flexibility index (Phi) is 7.97. The fraction of sp³-hybridized carbons (Fsp3) is 0.583. The molecule has 8 heteroatoms. The molecule has 1 aromatic carbocycles. The molecule has 0 aliphatic carbocycles. The second-order valence-corrected chi connectivity index (χ2v) is 9.74. The normalized spacial score (nSPS) is 21.6. The van der Waals surface area contributed by atoms with Gasteiger partial charge in [0.05, 0.1) is 6.61 Å². The van der Waals surface area contributed by atoms with E-state index in [1.54, 1.807) is 7.11 Å². The standard InChI is InChI=1S/C24H34N4O3S/c1-3-18-4-6-19(7-5-18)20-14-21(22-15-23(26-25-22)31-11-10-30-2)17-28(16-20)24(29)27-8-12-32-13-9-27/h4-7,15,20-21H,3,8-14,16-17H2,1-2H3,(H,25,26). The van der Waals surface area contributed by atoms with Gasteiger partial charge in [0, 0.05) is 68.4 Å².